The van der Waals surface area contributed by atoms with E-state index in [0.717, 1.165) is 13.2 Å². The van der Waals surface area contributed by atoms with Crippen molar-refractivity contribution >= 4 is 5.78 Å². The molecule has 0 fully saturated rings. The molecule has 1 unspecified atom stereocenters. The number of hydrogen-bond donors (Lipinski definition) is 1. The molecule has 2 rings (SSSR count). The fraction of sp³-hybridized carbons (Fsp3) is 0.316. The quantitative estimate of drug-likeness (QED) is 0.838. The number of ketones is 1. The first-order valence-corrected chi connectivity index (χ1v) is 7.10. The number of carbonyl (C=O) groups excluding carboxylic acids is 1. The third-order valence-corrected chi connectivity index (χ3v) is 2.83. The van der Waals surface area contributed by atoms with E-state index in [1.165, 1.54) is 0 Å². The van der Waals surface area contributed by atoms with Gasteiger partial charge in [-0.1, -0.05) is 68.1 Å². The molecule has 2 aromatic rings. The first kappa shape index (κ1) is 20.0. The fourth-order valence-corrected chi connectivity index (χ4v) is 1.75. The van der Waals surface area contributed by atoms with Crippen molar-refractivity contribution in [2.75, 3.05) is 13.2 Å². The second-order valence-corrected chi connectivity index (χ2v) is 4.32. The van der Waals surface area contributed by atoms with Crippen LogP contribution in [0.3, 0.4) is 0 Å². The standard InChI is InChI=1S/C14H12O2.C4H10O.CH4/c15-13(11-7-3-1-4-8-11)14(16)12-9-5-2-6-10-12;1-3-5-4-2;/h1-10,13,15H;3-4H2,1-2H3;1H4. The Balaban J connectivity index is 0.000000644. The van der Waals surface area contributed by atoms with Crippen molar-refractivity contribution in [3.63, 3.8) is 0 Å². The highest BCUT2D eigenvalue weighted by atomic mass is 16.5. The smallest absolute Gasteiger partial charge is 0.195 e. The maximum absolute atomic E-state index is 11.9. The Morgan fingerprint density at radius 3 is 1.82 bits per heavy atom. The van der Waals surface area contributed by atoms with Crippen LogP contribution in [0.5, 0.6) is 0 Å². The zero-order valence-electron chi connectivity index (χ0n) is 12.5. The Hall–Kier alpha value is -1.97. The van der Waals surface area contributed by atoms with Gasteiger partial charge in [0.1, 0.15) is 6.10 Å². The van der Waals surface area contributed by atoms with Gasteiger partial charge in [-0.25, -0.2) is 0 Å². The van der Waals surface area contributed by atoms with Crippen LogP contribution in [0.15, 0.2) is 60.7 Å². The number of carbonyl (C=O) groups is 1. The highest BCUT2D eigenvalue weighted by Crippen LogP contribution is 2.17. The third kappa shape index (κ3) is 6.66. The van der Waals surface area contributed by atoms with E-state index < -0.39 is 6.10 Å². The van der Waals surface area contributed by atoms with E-state index in [1.807, 2.05) is 26.0 Å². The van der Waals surface area contributed by atoms with E-state index in [1.54, 1.807) is 48.5 Å². The van der Waals surface area contributed by atoms with Gasteiger partial charge in [0.25, 0.3) is 0 Å². The molecule has 3 heteroatoms. The number of aliphatic hydroxyl groups is 1. The van der Waals surface area contributed by atoms with Crippen LogP contribution in [0, 0.1) is 0 Å². The Bertz CT molecular complexity index is 507. The number of aliphatic hydroxyl groups excluding tert-OH is 1. The minimum Gasteiger partial charge on any atom is -0.382 e. The van der Waals surface area contributed by atoms with E-state index >= 15 is 0 Å². The molecule has 0 heterocycles. The van der Waals surface area contributed by atoms with Crippen LogP contribution in [0.2, 0.25) is 0 Å². The van der Waals surface area contributed by atoms with Gasteiger partial charge in [-0.05, 0) is 19.4 Å². The van der Waals surface area contributed by atoms with Crippen molar-refractivity contribution in [3.05, 3.63) is 71.8 Å². The van der Waals surface area contributed by atoms with Gasteiger partial charge in [0.15, 0.2) is 5.78 Å². The first-order chi connectivity index (χ1) is 10.2. The van der Waals surface area contributed by atoms with Gasteiger partial charge in [-0.2, -0.15) is 0 Å². The maximum atomic E-state index is 11.9. The highest BCUT2D eigenvalue weighted by Gasteiger charge is 2.18. The molecule has 0 bridgehead atoms. The average Bonchev–Trinajstić information content (AvgIpc) is 2.56. The lowest BCUT2D eigenvalue weighted by Crippen LogP contribution is -2.11. The zero-order valence-corrected chi connectivity index (χ0v) is 12.5. The maximum Gasteiger partial charge on any atom is 0.195 e. The van der Waals surface area contributed by atoms with E-state index in [-0.39, 0.29) is 13.2 Å². The Kier molecular flexibility index (Phi) is 10.6. The van der Waals surface area contributed by atoms with Crippen LogP contribution in [0.4, 0.5) is 0 Å². The van der Waals surface area contributed by atoms with Crippen molar-refractivity contribution in [1.82, 2.24) is 0 Å². The number of ether oxygens (including phenoxy) is 1. The van der Waals surface area contributed by atoms with Crippen molar-refractivity contribution in [2.45, 2.75) is 27.4 Å². The molecule has 1 atom stereocenters. The summed E-state index contributed by atoms with van der Waals surface area (Å²) in [5.74, 6) is -0.271. The lowest BCUT2D eigenvalue weighted by Gasteiger charge is -2.09. The van der Waals surface area contributed by atoms with Gasteiger partial charge < -0.3 is 9.84 Å². The molecular weight excluding hydrogens is 276 g/mol. The molecule has 0 aliphatic heterocycles. The predicted octanol–water partition coefficient (Wildman–Crippen LogP) is 4.28. The van der Waals surface area contributed by atoms with Crippen LogP contribution >= 0.6 is 0 Å². The molecule has 0 amide bonds. The van der Waals surface area contributed by atoms with E-state index in [9.17, 15) is 9.90 Å². The van der Waals surface area contributed by atoms with E-state index in [4.69, 9.17) is 4.74 Å². The summed E-state index contributed by atoms with van der Waals surface area (Å²) >= 11 is 0. The Morgan fingerprint density at radius 1 is 0.955 bits per heavy atom. The SMILES string of the molecule is C.CCOCC.O=C(c1ccccc1)C(O)c1ccccc1. The number of rotatable bonds is 5. The van der Waals surface area contributed by atoms with Gasteiger partial charge in [-0.3, -0.25) is 4.79 Å². The second-order valence-electron chi connectivity index (χ2n) is 4.32. The van der Waals surface area contributed by atoms with Crippen LogP contribution in [-0.2, 0) is 4.74 Å². The largest absolute Gasteiger partial charge is 0.382 e. The molecule has 0 aliphatic rings. The molecule has 0 aromatic heterocycles. The molecule has 120 valence electrons. The molecule has 0 radical (unpaired) electrons. The van der Waals surface area contributed by atoms with Gasteiger partial charge in [0.2, 0.25) is 0 Å². The lowest BCUT2D eigenvalue weighted by molar-refractivity contribution is 0.0747. The number of hydrogen-bond acceptors (Lipinski definition) is 3. The Morgan fingerprint density at radius 2 is 1.41 bits per heavy atom. The molecule has 1 N–H and O–H groups in total. The minimum absolute atomic E-state index is 0. The molecular formula is C19H26O3. The van der Waals surface area contributed by atoms with E-state index in [0.29, 0.717) is 11.1 Å². The normalized spacial score (nSPS) is 10.7. The van der Waals surface area contributed by atoms with Crippen LogP contribution in [0.1, 0.15) is 43.3 Å². The Labute approximate surface area is 133 Å². The fourth-order valence-electron chi connectivity index (χ4n) is 1.75. The second kappa shape index (κ2) is 11.7. The van der Waals surface area contributed by atoms with Crippen molar-refractivity contribution in [1.29, 1.82) is 0 Å². The monoisotopic (exact) mass is 302 g/mol. The third-order valence-electron chi connectivity index (χ3n) is 2.83. The minimum atomic E-state index is -1.08. The van der Waals surface area contributed by atoms with Crippen LogP contribution < -0.4 is 0 Å². The number of Topliss-reactive ketones (excluding diaryl/α,β-unsaturated/α-hetero) is 1. The van der Waals surface area contributed by atoms with E-state index in [2.05, 4.69) is 0 Å². The summed E-state index contributed by atoms with van der Waals surface area (Å²) < 4.78 is 4.83. The average molecular weight is 302 g/mol. The predicted molar refractivity (Wildman–Crippen MR) is 91.1 cm³/mol. The van der Waals surface area contributed by atoms with Crippen molar-refractivity contribution < 1.29 is 14.6 Å². The zero-order chi connectivity index (χ0) is 15.5. The summed E-state index contributed by atoms with van der Waals surface area (Å²) in [6.45, 7) is 5.67. The molecule has 0 saturated carbocycles. The summed E-state index contributed by atoms with van der Waals surface area (Å²) in [5.41, 5.74) is 1.15. The van der Waals surface area contributed by atoms with Gasteiger partial charge in [0.05, 0.1) is 0 Å². The first-order valence-electron chi connectivity index (χ1n) is 7.10. The molecule has 0 aliphatic carbocycles. The molecule has 3 nitrogen and oxygen atoms in total. The molecule has 0 saturated heterocycles. The van der Waals surface area contributed by atoms with Gasteiger partial charge >= 0.3 is 0 Å². The summed E-state index contributed by atoms with van der Waals surface area (Å²) in [6.07, 6.45) is -1.08. The lowest BCUT2D eigenvalue weighted by atomic mass is 10.0. The van der Waals surface area contributed by atoms with Crippen molar-refractivity contribution in [3.8, 4) is 0 Å². The van der Waals surface area contributed by atoms with Crippen LogP contribution in [0.25, 0.3) is 0 Å². The topological polar surface area (TPSA) is 46.5 Å². The molecule has 2 aromatic carbocycles. The summed E-state index contributed by atoms with van der Waals surface area (Å²) in [6, 6.07) is 17.7. The van der Waals surface area contributed by atoms with Gasteiger partial charge in [-0.15, -0.1) is 0 Å². The number of benzene rings is 2. The summed E-state index contributed by atoms with van der Waals surface area (Å²) in [7, 11) is 0. The summed E-state index contributed by atoms with van der Waals surface area (Å²) in [4.78, 5) is 11.9. The highest BCUT2D eigenvalue weighted by molar-refractivity contribution is 5.99. The van der Waals surface area contributed by atoms with Crippen LogP contribution in [-0.4, -0.2) is 24.1 Å². The summed E-state index contributed by atoms with van der Waals surface area (Å²) in [5, 5.41) is 9.89. The molecule has 22 heavy (non-hydrogen) atoms. The molecule has 0 spiro atoms. The van der Waals surface area contributed by atoms with Crippen molar-refractivity contribution in [2.24, 2.45) is 0 Å². The van der Waals surface area contributed by atoms with Gasteiger partial charge in [0, 0.05) is 18.8 Å².